The predicted octanol–water partition coefficient (Wildman–Crippen LogP) is 3.27. The lowest BCUT2D eigenvalue weighted by Gasteiger charge is -2.55. The lowest BCUT2D eigenvalue weighted by Crippen LogP contribution is -2.75. The number of para-hydroxylation sites is 1. The highest BCUT2D eigenvalue weighted by atomic mass is 16.5. The van der Waals surface area contributed by atoms with Gasteiger partial charge >= 0.3 is 6.03 Å². The zero-order valence-electron chi connectivity index (χ0n) is 24.0. The van der Waals surface area contributed by atoms with Crippen molar-refractivity contribution in [1.82, 2.24) is 10.2 Å². The zero-order valence-corrected chi connectivity index (χ0v) is 24.0. The van der Waals surface area contributed by atoms with Crippen LogP contribution in [0.2, 0.25) is 0 Å². The molecule has 3 heterocycles. The second-order valence-electron chi connectivity index (χ2n) is 10.8. The van der Waals surface area contributed by atoms with Gasteiger partial charge in [-0.15, -0.1) is 0 Å². The summed E-state index contributed by atoms with van der Waals surface area (Å²) in [5.41, 5.74) is 2.33. The number of ether oxygens (including phenoxy) is 3. The van der Waals surface area contributed by atoms with Gasteiger partial charge in [0.25, 0.3) is 0 Å². The van der Waals surface area contributed by atoms with Crippen molar-refractivity contribution in [1.29, 1.82) is 0 Å². The van der Waals surface area contributed by atoms with Gasteiger partial charge in [0.05, 0.1) is 27.4 Å². The molecular formula is C32H34N4O6. The van der Waals surface area contributed by atoms with Crippen LogP contribution in [0.4, 0.5) is 16.2 Å². The Morgan fingerprint density at radius 1 is 0.881 bits per heavy atom. The standard InChI is InChI=1S/C32H34N4O6/c1-40-24-11-9-23(10-12-24)34-16-17-35-25-7-5-4-6-22(25)19-32(28(35)20-34)29(37)33-31(39)36(30(32)38)15-14-21-8-13-26(41-2)27(18-21)42-3/h4-13,18,28H,14-17,19-20H2,1-3H3,(H,33,37,39)/t28-,32-/m1/s1. The predicted molar refractivity (Wildman–Crippen MR) is 157 cm³/mol. The van der Waals surface area contributed by atoms with Crippen molar-refractivity contribution in [2.75, 3.05) is 57.3 Å². The number of carbonyl (C=O) groups excluding carboxylic acids is 3. The molecule has 3 aromatic rings. The van der Waals surface area contributed by atoms with Crippen LogP contribution in [-0.2, 0) is 22.4 Å². The number of fused-ring (bicyclic) bond motifs is 4. The molecule has 218 valence electrons. The van der Waals surface area contributed by atoms with Crippen molar-refractivity contribution in [2.45, 2.75) is 18.9 Å². The van der Waals surface area contributed by atoms with E-state index in [0.29, 0.717) is 37.6 Å². The molecule has 0 bridgehead atoms. The van der Waals surface area contributed by atoms with Crippen LogP contribution in [-0.4, -0.2) is 76.3 Å². The summed E-state index contributed by atoms with van der Waals surface area (Å²) in [4.78, 5) is 47.1. The van der Waals surface area contributed by atoms with Gasteiger partial charge in [0.2, 0.25) is 11.8 Å². The van der Waals surface area contributed by atoms with Crippen molar-refractivity contribution < 1.29 is 28.6 Å². The third-order valence-corrected chi connectivity index (χ3v) is 8.73. The van der Waals surface area contributed by atoms with Gasteiger partial charge in [-0.1, -0.05) is 24.3 Å². The van der Waals surface area contributed by atoms with E-state index in [0.717, 1.165) is 28.3 Å². The highest BCUT2D eigenvalue weighted by Crippen LogP contribution is 2.46. The van der Waals surface area contributed by atoms with E-state index in [2.05, 4.69) is 15.1 Å². The first-order chi connectivity index (χ1) is 20.4. The first kappa shape index (κ1) is 27.4. The maximum absolute atomic E-state index is 14.5. The fourth-order valence-corrected chi connectivity index (χ4v) is 6.52. The topological polar surface area (TPSA) is 101 Å². The van der Waals surface area contributed by atoms with Crippen molar-refractivity contribution in [3.63, 3.8) is 0 Å². The summed E-state index contributed by atoms with van der Waals surface area (Å²) in [5.74, 6) is 0.915. The number of rotatable bonds is 7. The number of methoxy groups -OCH3 is 3. The SMILES string of the molecule is COc1ccc(N2CCN3c4ccccc4C[C@]4(C(=O)NC(=O)N(CCc5ccc(OC)c(OC)c5)C4=O)[C@H]3C2)cc1. The third-order valence-electron chi connectivity index (χ3n) is 8.73. The van der Waals surface area contributed by atoms with Gasteiger partial charge in [0.15, 0.2) is 16.9 Å². The first-order valence-corrected chi connectivity index (χ1v) is 14.0. The highest BCUT2D eigenvalue weighted by molar-refractivity contribution is 6.20. The van der Waals surface area contributed by atoms with Gasteiger partial charge in [-0.05, 0) is 66.4 Å². The lowest BCUT2D eigenvalue weighted by atomic mass is 9.67. The number of hydrogen-bond acceptors (Lipinski definition) is 8. The number of piperazine rings is 1. The number of anilines is 2. The number of barbiturate groups is 1. The van der Waals surface area contributed by atoms with Gasteiger partial charge in [-0.3, -0.25) is 19.8 Å². The van der Waals surface area contributed by atoms with Gasteiger partial charge in [-0.25, -0.2) is 4.79 Å². The van der Waals surface area contributed by atoms with Crippen molar-refractivity contribution in [3.05, 3.63) is 77.9 Å². The fourth-order valence-electron chi connectivity index (χ4n) is 6.52. The van der Waals surface area contributed by atoms with E-state index in [1.165, 1.54) is 4.90 Å². The molecule has 0 aliphatic carbocycles. The molecule has 3 aromatic carbocycles. The molecule has 3 aliphatic rings. The van der Waals surface area contributed by atoms with Gasteiger partial charge in [0, 0.05) is 37.6 Å². The number of nitrogens with one attached hydrogen (secondary N) is 1. The largest absolute Gasteiger partial charge is 0.497 e. The third kappa shape index (κ3) is 4.47. The maximum atomic E-state index is 14.5. The summed E-state index contributed by atoms with van der Waals surface area (Å²) < 4.78 is 16.1. The van der Waals surface area contributed by atoms with Crippen LogP contribution in [0.1, 0.15) is 11.1 Å². The van der Waals surface area contributed by atoms with Gasteiger partial charge in [0.1, 0.15) is 5.75 Å². The second kappa shape index (κ2) is 10.9. The molecule has 6 rings (SSSR count). The normalized spacial score (nSPS) is 21.5. The fraction of sp³-hybridized carbons (Fsp3) is 0.344. The van der Waals surface area contributed by atoms with Crippen LogP contribution in [0, 0.1) is 5.41 Å². The molecule has 10 nitrogen and oxygen atoms in total. The minimum Gasteiger partial charge on any atom is -0.497 e. The molecule has 4 amide bonds. The molecule has 0 saturated carbocycles. The summed E-state index contributed by atoms with van der Waals surface area (Å²) >= 11 is 0. The summed E-state index contributed by atoms with van der Waals surface area (Å²) in [6, 6.07) is 20.0. The van der Waals surface area contributed by atoms with Gasteiger partial charge in [-0.2, -0.15) is 0 Å². The number of nitrogens with zero attached hydrogens (tertiary/aromatic N) is 3. The molecule has 3 aliphatic heterocycles. The van der Waals surface area contributed by atoms with Crippen molar-refractivity contribution >= 4 is 29.2 Å². The van der Waals surface area contributed by atoms with Gasteiger partial charge < -0.3 is 24.0 Å². The summed E-state index contributed by atoms with van der Waals surface area (Å²) in [6.07, 6.45) is 0.609. The Balaban J connectivity index is 1.34. The van der Waals surface area contributed by atoms with Crippen molar-refractivity contribution in [2.24, 2.45) is 5.41 Å². The minimum atomic E-state index is -1.47. The molecule has 0 aromatic heterocycles. The second-order valence-corrected chi connectivity index (χ2v) is 10.8. The number of amides is 4. The van der Waals surface area contributed by atoms with E-state index in [1.807, 2.05) is 60.7 Å². The summed E-state index contributed by atoms with van der Waals surface area (Å²) in [7, 11) is 4.75. The van der Waals surface area contributed by atoms with E-state index < -0.39 is 29.3 Å². The molecule has 1 N–H and O–H groups in total. The zero-order chi connectivity index (χ0) is 29.4. The van der Waals surface area contributed by atoms with Crippen molar-refractivity contribution in [3.8, 4) is 17.2 Å². The maximum Gasteiger partial charge on any atom is 0.330 e. The number of urea groups is 1. The van der Waals surface area contributed by atoms with Crippen LogP contribution >= 0.6 is 0 Å². The number of benzene rings is 3. The smallest absolute Gasteiger partial charge is 0.330 e. The number of imide groups is 2. The van der Waals surface area contributed by atoms with Crippen LogP contribution in [0.5, 0.6) is 17.2 Å². The Kier molecular flexibility index (Phi) is 7.14. The Morgan fingerprint density at radius 3 is 2.38 bits per heavy atom. The molecule has 0 unspecified atom stereocenters. The molecule has 2 fully saturated rings. The molecule has 1 spiro atoms. The van der Waals surface area contributed by atoms with Crippen LogP contribution in [0.3, 0.4) is 0 Å². The lowest BCUT2D eigenvalue weighted by molar-refractivity contribution is -0.153. The molecule has 42 heavy (non-hydrogen) atoms. The molecule has 2 atom stereocenters. The van der Waals surface area contributed by atoms with Crippen LogP contribution in [0.15, 0.2) is 66.7 Å². The number of carbonyl (C=O) groups is 3. The van der Waals surface area contributed by atoms with E-state index in [1.54, 1.807) is 27.4 Å². The van der Waals surface area contributed by atoms with E-state index in [9.17, 15) is 14.4 Å². The Bertz CT molecular complexity index is 1530. The summed E-state index contributed by atoms with van der Waals surface area (Å²) in [5, 5.41) is 2.55. The van der Waals surface area contributed by atoms with E-state index in [4.69, 9.17) is 14.2 Å². The van der Waals surface area contributed by atoms with E-state index >= 15 is 0 Å². The quantitative estimate of drug-likeness (QED) is 0.432. The minimum absolute atomic E-state index is 0.117. The average Bonchev–Trinajstić information content (AvgIpc) is 3.03. The molecular weight excluding hydrogens is 536 g/mol. The Morgan fingerprint density at radius 2 is 1.64 bits per heavy atom. The first-order valence-electron chi connectivity index (χ1n) is 14.0. The van der Waals surface area contributed by atoms with E-state index in [-0.39, 0.29) is 13.0 Å². The Labute approximate surface area is 244 Å². The number of hydrogen-bond donors (Lipinski definition) is 1. The molecule has 2 saturated heterocycles. The molecule has 10 heteroatoms. The average molecular weight is 571 g/mol. The highest BCUT2D eigenvalue weighted by Gasteiger charge is 2.62. The van der Waals surface area contributed by atoms with Crippen LogP contribution < -0.4 is 29.3 Å². The van der Waals surface area contributed by atoms with Crippen LogP contribution in [0.25, 0.3) is 0 Å². The monoisotopic (exact) mass is 570 g/mol. The molecule has 0 radical (unpaired) electrons. The Hall–Kier alpha value is -4.73. The summed E-state index contributed by atoms with van der Waals surface area (Å²) in [6.45, 7) is 1.89.